The van der Waals surface area contributed by atoms with Crippen LogP contribution in [0.15, 0.2) is 91.1 Å². The number of hydrogen-bond acceptors (Lipinski definition) is 5. The first-order chi connectivity index (χ1) is 22.0. The molecular weight excluding hydrogens is 566 g/mol. The number of rotatable bonds is 5. The Kier molecular flexibility index (Phi) is 9.29. The summed E-state index contributed by atoms with van der Waals surface area (Å²) in [6, 6.07) is 22.2. The van der Waals surface area contributed by atoms with Gasteiger partial charge in [0.25, 0.3) is 5.91 Å². The number of amides is 2. The number of fused-ring (bicyclic) bond motifs is 2. The van der Waals surface area contributed by atoms with Crippen LogP contribution in [0.2, 0.25) is 0 Å². The van der Waals surface area contributed by atoms with E-state index in [2.05, 4.69) is 21.7 Å². The van der Waals surface area contributed by atoms with Crippen molar-refractivity contribution in [3.05, 3.63) is 113 Å². The third kappa shape index (κ3) is 7.11. The molecule has 1 aromatic heterocycles. The lowest BCUT2D eigenvalue weighted by molar-refractivity contribution is -0.144. The monoisotopic (exact) mass is 605 g/mol. The van der Waals surface area contributed by atoms with Gasteiger partial charge >= 0.3 is 5.97 Å². The first kappa shape index (κ1) is 30.2. The van der Waals surface area contributed by atoms with Gasteiger partial charge in [0.15, 0.2) is 6.10 Å². The van der Waals surface area contributed by atoms with Gasteiger partial charge in [0.05, 0.1) is 19.1 Å². The van der Waals surface area contributed by atoms with Crippen molar-refractivity contribution in [3.63, 3.8) is 0 Å². The number of H-pyrrole nitrogens is 1. The third-order valence-corrected chi connectivity index (χ3v) is 8.75. The summed E-state index contributed by atoms with van der Waals surface area (Å²) >= 11 is 0. The van der Waals surface area contributed by atoms with Gasteiger partial charge in [-0.25, -0.2) is 0 Å². The number of nitrogens with one attached hydrogen (secondary N) is 3. The SMILES string of the molecule is C[C@H]1/C=C/CC(=O)OCCC(Oc2cccc3c2CCC3)C(=O)N[C@@H](Cc2c[nH]c3ccccc23)C(=O)N[C@H]1c1ccccc1. The van der Waals surface area contributed by atoms with Crippen LogP contribution in [-0.4, -0.2) is 41.5 Å². The molecule has 4 aromatic rings. The van der Waals surface area contributed by atoms with Crippen molar-refractivity contribution in [3.8, 4) is 5.75 Å². The average molecular weight is 606 g/mol. The highest BCUT2D eigenvalue weighted by Gasteiger charge is 2.31. The summed E-state index contributed by atoms with van der Waals surface area (Å²) in [5.74, 6) is -0.600. The summed E-state index contributed by atoms with van der Waals surface area (Å²) in [4.78, 5) is 44.1. The predicted molar refractivity (Wildman–Crippen MR) is 173 cm³/mol. The molecule has 8 nitrogen and oxygen atoms in total. The molecule has 232 valence electrons. The Balaban J connectivity index is 1.34. The number of benzene rings is 3. The number of aromatic nitrogens is 1. The zero-order valence-electron chi connectivity index (χ0n) is 25.5. The molecule has 1 aliphatic carbocycles. The molecule has 3 N–H and O–H groups in total. The second-order valence-electron chi connectivity index (χ2n) is 11.9. The molecule has 0 saturated carbocycles. The maximum absolute atomic E-state index is 14.2. The van der Waals surface area contributed by atoms with Crippen LogP contribution in [0.1, 0.15) is 54.5 Å². The van der Waals surface area contributed by atoms with Gasteiger partial charge in [0.1, 0.15) is 11.8 Å². The van der Waals surface area contributed by atoms with E-state index in [0.717, 1.165) is 46.9 Å². The standard InChI is InChI=1S/C37H39N3O5/c1-24-10-7-19-34(41)44-21-20-33(45-32-18-9-14-25-13-8-16-29(25)32)37(43)39-31(22-27-23-38-30-17-6-5-15-28(27)30)36(42)40-35(24)26-11-3-2-4-12-26/h2-7,9-12,14-15,17-18,23-24,31,33,35,38H,8,13,16,19-22H2,1H3,(H,39,43)(H,40,42)/b10-7+/t24-,31-,33?,35+/m0/s1. The number of para-hydroxylation sites is 1. The number of esters is 1. The normalized spacial score (nSPS) is 23.6. The molecule has 0 radical (unpaired) electrons. The Hall–Kier alpha value is -4.85. The Morgan fingerprint density at radius 1 is 0.889 bits per heavy atom. The molecule has 2 aliphatic rings. The third-order valence-electron chi connectivity index (χ3n) is 8.75. The molecule has 2 amide bonds. The number of hydrogen-bond donors (Lipinski definition) is 3. The molecule has 6 rings (SSSR count). The van der Waals surface area contributed by atoms with E-state index in [0.29, 0.717) is 5.75 Å². The zero-order valence-corrected chi connectivity index (χ0v) is 25.5. The number of ether oxygens (including phenoxy) is 2. The van der Waals surface area contributed by atoms with Gasteiger partial charge in [0, 0.05) is 29.9 Å². The van der Waals surface area contributed by atoms with Crippen LogP contribution in [0.3, 0.4) is 0 Å². The van der Waals surface area contributed by atoms with E-state index in [1.807, 2.05) is 85.9 Å². The van der Waals surface area contributed by atoms with Crippen LogP contribution in [0.4, 0.5) is 0 Å². The van der Waals surface area contributed by atoms with E-state index >= 15 is 0 Å². The van der Waals surface area contributed by atoms with Crippen molar-refractivity contribution in [1.29, 1.82) is 0 Å². The Bertz CT molecular complexity index is 1690. The summed E-state index contributed by atoms with van der Waals surface area (Å²) in [5, 5.41) is 7.24. The Labute approximate surface area is 263 Å². The molecule has 2 heterocycles. The lowest BCUT2D eigenvalue weighted by Crippen LogP contribution is -2.53. The fourth-order valence-electron chi connectivity index (χ4n) is 6.35. The minimum atomic E-state index is -0.965. The van der Waals surface area contributed by atoms with E-state index in [-0.39, 0.29) is 43.7 Å². The van der Waals surface area contributed by atoms with E-state index in [9.17, 15) is 14.4 Å². The largest absolute Gasteiger partial charge is 0.480 e. The van der Waals surface area contributed by atoms with Gasteiger partial charge in [-0.1, -0.05) is 79.7 Å². The fourth-order valence-corrected chi connectivity index (χ4v) is 6.35. The quantitative estimate of drug-likeness (QED) is 0.205. The van der Waals surface area contributed by atoms with Gasteiger partial charge < -0.3 is 25.1 Å². The van der Waals surface area contributed by atoms with Gasteiger partial charge in [0.2, 0.25) is 5.91 Å². The summed E-state index contributed by atoms with van der Waals surface area (Å²) < 4.78 is 11.9. The van der Waals surface area contributed by atoms with Gasteiger partial charge in [-0.2, -0.15) is 0 Å². The molecule has 4 atom stereocenters. The second kappa shape index (κ2) is 13.8. The van der Waals surface area contributed by atoms with Gasteiger partial charge in [-0.05, 0) is 59.6 Å². The average Bonchev–Trinajstić information content (AvgIpc) is 3.70. The highest BCUT2D eigenvalue weighted by molar-refractivity contribution is 5.91. The number of carbonyl (C=O) groups is 3. The molecule has 0 saturated heterocycles. The number of cyclic esters (lactones) is 1. The molecule has 3 aromatic carbocycles. The predicted octanol–water partition coefficient (Wildman–Crippen LogP) is 5.52. The maximum atomic E-state index is 14.2. The summed E-state index contributed by atoms with van der Waals surface area (Å²) in [5.41, 5.74) is 5.13. The Morgan fingerprint density at radius 2 is 1.71 bits per heavy atom. The van der Waals surface area contributed by atoms with Crippen LogP contribution in [0.25, 0.3) is 10.9 Å². The lowest BCUT2D eigenvalue weighted by Gasteiger charge is -2.28. The van der Waals surface area contributed by atoms with Gasteiger partial charge in [-0.3, -0.25) is 14.4 Å². The maximum Gasteiger partial charge on any atom is 0.309 e. The van der Waals surface area contributed by atoms with Crippen molar-refractivity contribution in [2.45, 2.75) is 63.6 Å². The minimum Gasteiger partial charge on any atom is -0.480 e. The molecule has 1 unspecified atom stereocenters. The highest BCUT2D eigenvalue weighted by Crippen LogP contribution is 2.32. The molecule has 0 fully saturated rings. The first-order valence-corrected chi connectivity index (χ1v) is 15.8. The van der Waals surface area contributed by atoms with Crippen LogP contribution in [0.5, 0.6) is 5.75 Å². The van der Waals surface area contributed by atoms with Crippen molar-refractivity contribution in [2.75, 3.05) is 6.61 Å². The fraction of sp³-hybridized carbons (Fsp3) is 0.324. The topological polar surface area (TPSA) is 110 Å². The molecule has 0 spiro atoms. The van der Waals surface area contributed by atoms with E-state index < -0.39 is 24.1 Å². The van der Waals surface area contributed by atoms with Crippen LogP contribution in [0, 0.1) is 5.92 Å². The minimum absolute atomic E-state index is 0.0152. The number of carbonyl (C=O) groups excluding carboxylic acids is 3. The van der Waals surface area contributed by atoms with E-state index in [1.54, 1.807) is 6.08 Å². The van der Waals surface area contributed by atoms with Gasteiger partial charge in [-0.15, -0.1) is 0 Å². The molecule has 45 heavy (non-hydrogen) atoms. The van der Waals surface area contributed by atoms with Crippen molar-refractivity contribution < 1.29 is 23.9 Å². The van der Waals surface area contributed by atoms with Crippen LogP contribution < -0.4 is 15.4 Å². The molecule has 0 bridgehead atoms. The van der Waals surface area contributed by atoms with Crippen molar-refractivity contribution in [2.24, 2.45) is 5.92 Å². The van der Waals surface area contributed by atoms with Crippen molar-refractivity contribution >= 4 is 28.7 Å². The van der Waals surface area contributed by atoms with Crippen molar-refractivity contribution in [1.82, 2.24) is 15.6 Å². The highest BCUT2D eigenvalue weighted by atomic mass is 16.5. The van der Waals surface area contributed by atoms with E-state index in [4.69, 9.17) is 9.47 Å². The van der Waals surface area contributed by atoms with E-state index in [1.165, 1.54) is 5.56 Å². The molecular formula is C37H39N3O5. The number of aryl methyl sites for hydroxylation is 1. The molecule has 1 aliphatic heterocycles. The number of aromatic amines is 1. The lowest BCUT2D eigenvalue weighted by atomic mass is 9.93. The Morgan fingerprint density at radius 3 is 2.58 bits per heavy atom. The second-order valence-corrected chi connectivity index (χ2v) is 11.9. The summed E-state index contributed by atoms with van der Waals surface area (Å²) in [6.45, 7) is 2.01. The first-order valence-electron chi connectivity index (χ1n) is 15.8. The molecule has 8 heteroatoms. The van der Waals surface area contributed by atoms with Crippen LogP contribution in [-0.2, 0) is 38.4 Å². The zero-order chi connectivity index (χ0) is 31.2. The summed E-state index contributed by atoms with van der Waals surface area (Å²) in [6.07, 6.45) is 8.03. The van der Waals surface area contributed by atoms with Crippen LogP contribution >= 0.6 is 0 Å². The smallest absolute Gasteiger partial charge is 0.309 e. The summed E-state index contributed by atoms with van der Waals surface area (Å²) in [7, 11) is 0.